The van der Waals surface area contributed by atoms with Gasteiger partial charge in [0.25, 0.3) is 0 Å². The Hall–Kier alpha value is -2.17. The monoisotopic (exact) mass is 399 g/mol. The summed E-state index contributed by atoms with van der Waals surface area (Å²) in [7, 11) is 0. The summed E-state index contributed by atoms with van der Waals surface area (Å²) in [4.78, 5) is 2.23. The minimum Gasteiger partial charge on any atom is -0.379 e. The van der Waals surface area contributed by atoms with Crippen molar-refractivity contribution in [2.75, 3.05) is 44.7 Å². The summed E-state index contributed by atoms with van der Waals surface area (Å²) < 4.78 is 46.0. The first-order chi connectivity index (χ1) is 12.9. The number of halogens is 3. The predicted octanol–water partition coefficient (Wildman–Crippen LogP) is 2.51. The van der Waals surface area contributed by atoms with Crippen LogP contribution in [0.4, 0.5) is 18.9 Å². The number of aromatic nitrogens is 2. The van der Waals surface area contributed by atoms with Crippen LogP contribution in [0.3, 0.4) is 0 Å². The van der Waals surface area contributed by atoms with Gasteiger partial charge in [-0.2, -0.15) is 18.3 Å². The van der Waals surface area contributed by atoms with Crippen molar-refractivity contribution in [3.05, 3.63) is 42.2 Å². The second-order valence-electron chi connectivity index (χ2n) is 6.02. The molecule has 1 aromatic heterocycles. The molecule has 146 valence electrons. The van der Waals surface area contributed by atoms with Gasteiger partial charge < -0.3 is 15.4 Å². The van der Waals surface area contributed by atoms with E-state index >= 15 is 0 Å². The van der Waals surface area contributed by atoms with Crippen molar-refractivity contribution in [3.8, 4) is 5.69 Å². The summed E-state index contributed by atoms with van der Waals surface area (Å²) in [5, 5.41) is 10.2. The minimum atomic E-state index is -4.44. The quantitative estimate of drug-likeness (QED) is 0.754. The number of ether oxygens (including phenoxy) is 1. The molecular formula is C17H20F3N5OS. The van der Waals surface area contributed by atoms with Gasteiger partial charge in [-0.25, -0.2) is 4.68 Å². The molecule has 0 radical (unpaired) electrons. The number of morpholine rings is 1. The third kappa shape index (κ3) is 5.41. The number of anilines is 1. The summed E-state index contributed by atoms with van der Waals surface area (Å²) in [6.45, 7) is 4.50. The normalized spacial score (nSPS) is 15.5. The van der Waals surface area contributed by atoms with Crippen molar-refractivity contribution in [1.82, 2.24) is 20.0 Å². The molecule has 1 aliphatic heterocycles. The zero-order chi connectivity index (χ0) is 19.3. The maximum atomic E-state index is 13.1. The average molecular weight is 399 g/mol. The fourth-order valence-electron chi connectivity index (χ4n) is 2.74. The maximum absolute atomic E-state index is 13.1. The van der Waals surface area contributed by atoms with E-state index in [0.717, 1.165) is 31.8 Å². The van der Waals surface area contributed by atoms with Crippen LogP contribution >= 0.6 is 12.2 Å². The van der Waals surface area contributed by atoms with Gasteiger partial charge in [-0.1, -0.05) is 0 Å². The van der Waals surface area contributed by atoms with Crippen molar-refractivity contribution in [3.63, 3.8) is 0 Å². The largest absolute Gasteiger partial charge is 0.416 e. The predicted molar refractivity (Wildman–Crippen MR) is 100 cm³/mol. The van der Waals surface area contributed by atoms with Crippen LogP contribution in [-0.2, 0) is 10.9 Å². The molecule has 1 fully saturated rings. The third-order valence-electron chi connectivity index (χ3n) is 4.14. The van der Waals surface area contributed by atoms with E-state index in [4.69, 9.17) is 17.0 Å². The SMILES string of the molecule is FC(F)(F)c1ccc(-n2cccn2)c(NC(=S)NCCN2CCOCC2)c1. The molecule has 2 heterocycles. The maximum Gasteiger partial charge on any atom is 0.416 e. The molecule has 0 spiro atoms. The minimum absolute atomic E-state index is 0.234. The lowest BCUT2D eigenvalue weighted by molar-refractivity contribution is -0.137. The molecule has 1 aliphatic rings. The Morgan fingerprint density at radius 1 is 1.26 bits per heavy atom. The molecule has 1 aromatic carbocycles. The van der Waals surface area contributed by atoms with Gasteiger partial charge in [-0.3, -0.25) is 4.90 Å². The highest BCUT2D eigenvalue weighted by Gasteiger charge is 2.31. The summed E-state index contributed by atoms with van der Waals surface area (Å²) in [6, 6.07) is 5.12. The summed E-state index contributed by atoms with van der Waals surface area (Å²) in [5.74, 6) is 0. The van der Waals surface area contributed by atoms with Crippen LogP contribution in [-0.4, -0.2) is 59.2 Å². The fraction of sp³-hybridized carbons (Fsp3) is 0.412. The van der Waals surface area contributed by atoms with Gasteiger partial charge in [0.1, 0.15) is 0 Å². The van der Waals surface area contributed by atoms with E-state index in [1.807, 2.05) is 0 Å². The Kier molecular flexibility index (Phi) is 6.30. The molecule has 1 saturated heterocycles. The lowest BCUT2D eigenvalue weighted by Crippen LogP contribution is -2.42. The topological polar surface area (TPSA) is 54.4 Å². The average Bonchev–Trinajstić information content (AvgIpc) is 3.16. The molecule has 0 atom stereocenters. The molecular weight excluding hydrogens is 379 g/mol. The van der Waals surface area contributed by atoms with Crippen LogP contribution in [0.1, 0.15) is 5.56 Å². The zero-order valence-electron chi connectivity index (χ0n) is 14.5. The van der Waals surface area contributed by atoms with Crippen LogP contribution < -0.4 is 10.6 Å². The van der Waals surface area contributed by atoms with Crippen molar-refractivity contribution in [1.29, 1.82) is 0 Å². The molecule has 0 bridgehead atoms. The molecule has 3 rings (SSSR count). The van der Waals surface area contributed by atoms with Crippen LogP contribution in [0, 0.1) is 0 Å². The van der Waals surface area contributed by atoms with E-state index < -0.39 is 11.7 Å². The van der Waals surface area contributed by atoms with Crippen molar-refractivity contribution >= 4 is 23.0 Å². The number of thiocarbonyl (C=S) groups is 1. The Morgan fingerprint density at radius 2 is 2.04 bits per heavy atom. The lowest BCUT2D eigenvalue weighted by Gasteiger charge is -2.26. The van der Waals surface area contributed by atoms with E-state index in [1.165, 1.54) is 10.7 Å². The molecule has 0 unspecified atom stereocenters. The molecule has 10 heteroatoms. The first-order valence-electron chi connectivity index (χ1n) is 8.50. The second-order valence-corrected chi connectivity index (χ2v) is 6.42. The summed E-state index contributed by atoms with van der Waals surface area (Å²) in [6.07, 6.45) is -1.23. The van der Waals surface area contributed by atoms with E-state index in [-0.39, 0.29) is 10.8 Å². The van der Waals surface area contributed by atoms with Crippen LogP contribution in [0.25, 0.3) is 5.69 Å². The van der Waals surface area contributed by atoms with Crippen LogP contribution in [0.5, 0.6) is 0 Å². The van der Waals surface area contributed by atoms with E-state index in [1.54, 1.807) is 18.5 Å². The molecule has 6 nitrogen and oxygen atoms in total. The number of hydrogen-bond donors (Lipinski definition) is 2. The molecule has 27 heavy (non-hydrogen) atoms. The Balaban J connectivity index is 1.67. The van der Waals surface area contributed by atoms with Gasteiger partial charge >= 0.3 is 6.18 Å². The smallest absolute Gasteiger partial charge is 0.379 e. The highest BCUT2D eigenvalue weighted by atomic mass is 32.1. The highest BCUT2D eigenvalue weighted by Crippen LogP contribution is 2.33. The number of hydrogen-bond acceptors (Lipinski definition) is 4. The van der Waals surface area contributed by atoms with E-state index in [0.29, 0.717) is 25.4 Å². The van der Waals surface area contributed by atoms with Gasteiger partial charge in [0.2, 0.25) is 0 Å². The molecule has 0 amide bonds. The van der Waals surface area contributed by atoms with Crippen molar-refractivity contribution in [2.45, 2.75) is 6.18 Å². The zero-order valence-corrected chi connectivity index (χ0v) is 15.3. The first kappa shape index (κ1) is 19.6. The third-order valence-corrected chi connectivity index (χ3v) is 4.39. The van der Waals surface area contributed by atoms with E-state index in [9.17, 15) is 13.2 Å². The van der Waals surface area contributed by atoms with Gasteiger partial charge in [-0.05, 0) is 36.5 Å². The number of alkyl halides is 3. The van der Waals surface area contributed by atoms with Crippen LogP contribution in [0.2, 0.25) is 0 Å². The highest BCUT2D eigenvalue weighted by molar-refractivity contribution is 7.80. The van der Waals surface area contributed by atoms with Gasteiger partial charge in [-0.15, -0.1) is 0 Å². The van der Waals surface area contributed by atoms with Gasteiger partial charge in [0.05, 0.1) is 30.2 Å². The Morgan fingerprint density at radius 3 is 2.70 bits per heavy atom. The van der Waals surface area contributed by atoms with Gasteiger partial charge in [0.15, 0.2) is 5.11 Å². The van der Waals surface area contributed by atoms with E-state index in [2.05, 4.69) is 20.6 Å². The summed E-state index contributed by atoms with van der Waals surface area (Å²) in [5.41, 5.74) is -0.0419. The molecule has 2 N–H and O–H groups in total. The first-order valence-corrected chi connectivity index (χ1v) is 8.90. The molecule has 2 aromatic rings. The van der Waals surface area contributed by atoms with Crippen LogP contribution in [0.15, 0.2) is 36.7 Å². The van der Waals surface area contributed by atoms with Crippen molar-refractivity contribution in [2.24, 2.45) is 0 Å². The fourth-order valence-corrected chi connectivity index (χ4v) is 2.95. The number of nitrogens with one attached hydrogen (secondary N) is 2. The Labute approximate surface area is 160 Å². The molecule has 0 saturated carbocycles. The molecule has 0 aliphatic carbocycles. The standard InChI is InChI=1S/C17H20F3N5OS/c18-17(19,20)13-2-3-15(25-6-1-4-22-25)14(12-13)23-16(27)21-5-7-24-8-10-26-11-9-24/h1-4,6,12H,5,7-11H2,(H2,21,23,27). The number of rotatable bonds is 5. The lowest BCUT2D eigenvalue weighted by atomic mass is 10.1. The van der Waals surface area contributed by atoms with Gasteiger partial charge in [0, 0.05) is 38.6 Å². The second kappa shape index (κ2) is 8.68. The van der Waals surface area contributed by atoms with Crippen molar-refractivity contribution < 1.29 is 17.9 Å². The number of nitrogens with zero attached hydrogens (tertiary/aromatic N) is 3. The number of benzene rings is 1. The Bertz CT molecular complexity index is 760. The summed E-state index contributed by atoms with van der Waals surface area (Å²) >= 11 is 5.25.